The average molecular weight is 275 g/mol. The van der Waals surface area contributed by atoms with Crippen LogP contribution in [0.1, 0.15) is 56.3 Å². The lowest BCUT2D eigenvalue weighted by Crippen LogP contribution is -2.36. The van der Waals surface area contributed by atoms with Gasteiger partial charge in [0.15, 0.2) is 0 Å². The molecule has 1 fully saturated rings. The lowest BCUT2D eigenvalue weighted by atomic mass is 9.97. The fourth-order valence-corrected chi connectivity index (χ4v) is 2.75. The number of benzene rings is 1. The predicted molar refractivity (Wildman–Crippen MR) is 80.8 cm³/mol. The summed E-state index contributed by atoms with van der Waals surface area (Å²) in [4.78, 5) is 14.2. The number of nitrogens with zero attached hydrogens (tertiary/aromatic N) is 1. The van der Waals surface area contributed by atoms with Gasteiger partial charge in [-0.1, -0.05) is 23.8 Å². The summed E-state index contributed by atoms with van der Waals surface area (Å²) in [5.41, 5.74) is 3.30. The highest BCUT2D eigenvalue weighted by Gasteiger charge is 2.33. The highest BCUT2D eigenvalue weighted by Crippen LogP contribution is 2.35. The van der Waals surface area contributed by atoms with Crippen molar-refractivity contribution in [2.45, 2.75) is 59.1 Å². The first-order chi connectivity index (χ1) is 9.28. The number of ether oxygens (including phenoxy) is 1. The molecule has 1 aromatic carbocycles. The summed E-state index contributed by atoms with van der Waals surface area (Å²) in [5, 5.41) is 0. The van der Waals surface area contributed by atoms with E-state index in [1.54, 1.807) is 0 Å². The van der Waals surface area contributed by atoms with Gasteiger partial charge >= 0.3 is 6.09 Å². The Labute approximate surface area is 121 Å². The molecule has 0 aromatic heterocycles. The van der Waals surface area contributed by atoms with Gasteiger partial charge in [0.1, 0.15) is 5.60 Å². The quantitative estimate of drug-likeness (QED) is 0.761. The van der Waals surface area contributed by atoms with Gasteiger partial charge in [-0.3, -0.25) is 0 Å². The minimum atomic E-state index is -0.439. The number of amides is 1. The van der Waals surface area contributed by atoms with E-state index in [2.05, 4.69) is 32.0 Å². The normalized spacial score (nSPS) is 19.2. The fourth-order valence-electron chi connectivity index (χ4n) is 2.75. The lowest BCUT2D eigenvalue weighted by molar-refractivity contribution is 0.0224. The van der Waals surface area contributed by atoms with E-state index >= 15 is 0 Å². The number of carbonyl (C=O) groups excluding carboxylic acids is 1. The molecule has 3 nitrogen and oxygen atoms in total. The largest absolute Gasteiger partial charge is 0.444 e. The molecule has 3 heteroatoms. The monoisotopic (exact) mass is 275 g/mol. The van der Waals surface area contributed by atoms with Gasteiger partial charge in [-0.05, 0) is 58.6 Å². The van der Waals surface area contributed by atoms with Crippen molar-refractivity contribution in [2.24, 2.45) is 0 Å². The number of hydrogen-bond acceptors (Lipinski definition) is 2. The van der Waals surface area contributed by atoms with Crippen LogP contribution in [0.2, 0.25) is 0 Å². The van der Waals surface area contributed by atoms with E-state index in [0.29, 0.717) is 0 Å². The summed E-state index contributed by atoms with van der Waals surface area (Å²) in [6, 6.07) is 6.61. The van der Waals surface area contributed by atoms with E-state index < -0.39 is 5.60 Å². The van der Waals surface area contributed by atoms with E-state index in [1.807, 2.05) is 25.7 Å². The highest BCUT2D eigenvalue weighted by atomic mass is 16.6. The number of hydrogen-bond donors (Lipinski definition) is 0. The van der Waals surface area contributed by atoms with Crippen LogP contribution in [0.3, 0.4) is 0 Å². The van der Waals surface area contributed by atoms with Crippen molar-refractivity contribution < 1.29 is 9.53 Å². The Bertz CT molecular complexity index is 502. The van der Waals surface area contributed by atoms with E-state index in [0.717, 1.165) is 19.4 Å². The second kappa shape index (κ2) is 5.47. The van der Waals surface area contributed by atoms with Gasteiger partial charge in [0.05, 0.1) is 6.04 Å². The van der Waals surface area contributed by atoms with Crippen LogP contribution in [-0.4, -0.2) is 23.1 Å². The second-order valence-corrected chi connectivity index (χ2v) is 6.69. The van der Waals surface area contributed by atoms with Crippen LogP contribution in [0.4, 0.5) is 4.79 Å². The molecule has 1 heterocycles. The maximum absolute atomic E-state index is 12.3. The molecule has 0 radical (unpaired) electrons. The number of rotatable bonds is 1. The Balaban J connectivity index is 2.23. The number of carbonyl (C=O) groups is 1. The second-order valence-electron chi connectivity index (χ2n) is 6.69. The van der Waals surface area contributed by atoms with Gasteiger partial charge in [0, 0.05) is 6.54 Å². The molecule has 1 unspecified atom stereocenters. The zero-order valence-electron chi connectivity index (χ0n) is 13.2. The van der Waals surface area contributed by atoms with Crippen molar-refractivity contribution in [1.82, 2.24) is 4.90 Å². The first kappa shape index (κ1) is 14.9. The van der Waals surface area contributed by atoms with Crippen LogP contribution in [0.25, 0.3) is 0 Å². The lowest BCUT2D eigenvalue weighted by Gasteiger charge is -2.29. The Kier molecular flexibility index (Phi) is 4.07. The average Bonchev–Trinajstić information content (AvgIpc) is 2.79. The summed E-state index contributed by atoms with van der Waals surface area (Å²) in [6.45, 7) is 10.7. The molecule has 110 valence electrons. The van der Waals surface area contributed by atoms with Crippen molar-refractivity contribution in [1.29, 1.82) is 0 Å². The third-order valence-corrected chi connectivity index (χ3v) is 3.67. The van der Waals surface area contributed by atoms with Crippen molar-refractivity contribution >= 4 is 6.09 Å². The number of aryl methyl sites for hydroxylation is 2. The van der Waals surface area contributed by atoms with E-state index in [4.69, 9.17) is 4.74 Å². The standard InChI is InChI=1S/C17H25NO2/c1-12-8-9-13(2)14(11-12)15-7-6-10-18(15)16(19)20-17(3,4)5/h8-9,11,15H,6-7,10H2,1-5H3. The summed E-state index contributed by atoms with van der Waals surface area (Å²) in [5.74, 6) is 0. The third-order valence-electron chi connectivity index (χ3n) is 3.67. The molecule has 1 aliphatic rings. The van der Waals surface area contributed by atoms with Gasteiger partial charge in [0.25, 0.3) is 0 Å². The molecular weight excluding hydrogens is 250 g/mol. The summed E-state index contributed by atoms with van der Waals surface area (Å²) in [6.07, 6.45) is 1.86. The molecule has 0 aliphatic carbocycles. The van der Waals surface area contributed by atoms with Crippen LogP contribution in [0.15, 0.2) is 18.2 Å². The Hall–Kier alpha value is -1.51. The van der Waals surface area contributed by atoms with E-state index in [9.17, 15) is 4.79 Å². The molecule has 20 heavy (non-hydrogen) atoms. The van der Waals surface area contributed by atoms with Gasteiger partial charge in [-0.25, -0.2) is 4.79 Å². The van der Waals surface area contributed by atoms with Crippen molar-refractivity contribution in [3.63, 3.8) is 0 Å². The Morgan fingerprint density at radius 2 is 2.00 bits per heavy atom. The zero-order valence-corrected chi connectivity index (χ0v) is 13.2. The van der Waals surface area contributed by atoms with Crippen LogP contribution in [0, 0.1) is 13.8 Å². The highest BCUT2D eigenvalue weighted by molar-refractivity contribution is 5.69. The molecule has 0 bridgehead atoms. The van der Waals surface area contributed by atoms with Gasteiger partial charge in [0.2, 0.25) is 0 Å². The summed E-state index contributed by atoms with van der Waals surface area (Å²) < 4.78 is 5.53. The molecule has 0 N–H and O–H groups in total. The molecule has 1 saturated heterocycles. The molecular formula is C17H25NO2. The van der Waals surface area contributed by atoms with Gasteiger partial charge in [-0.15, -0.1) is 0 Å². The third kappa shape index (κ3) is 3.33. The SMILES string of the molecule is Cc1ccc(C)c(C2CCCN2C(=O)OC(C)(C)C)c1. The maximum Gasteiger partial charge on any atom is 0.410 e. The fraction of sp³-hybridized carbons (Fsp3) is 0.588. The molecule has 1 atom stereocenters. The van der Waals surface area contributed by atoms with Crippen LogP contribution in [-0.2, 0) is 4.74 Å². The molecule has 1 amide bonds. The maximum atomic E-state index is 12.3. The Morgan fingerprint density at radius 3 is 2.65 bits per heavy atom. The molecule has 0 saturated carbocycles. The van der Waals surface area contributed by atoms with Crippen LogP contribution < -0.4 is 0 Å². The molecule has 2 rings (SSSR count). The molecule has 1 aromatic rings. The van der Waals surface area contributed by atoms with E-state index in [1.165, 1.54) is 16.7 Å². The number of likely N-dealkylation sites (tertiary alicyclic amines) is 1. The first-order valence-electron chi connectivity index (χ1n) is 7.35. The molecule has 0 spiro atoms. The predicted octanol–water partition coefficient (Wildman–Crippen LogP) is 4.38. The minimum absolute atomic E-state index is 0.157. The van der Waals surface area contributed by atoms with E-state index in [-0.39, 0.29) is 12.1 Å². The van der Waals surface area contributed by atoms with Crippen LogP contribution >= 0.6 is 0 Å². The van der Waals surface area contributed by atoms with Gasteiger partial charge in [-0.2, -0.15) is 0 Å². The topological polar surface area (TPSA) is 29.5 Å². The van der Waals surface area contributed by atoms with Crippen molar-refractivity contribution in [2.75, 3.05) is 6.54 Å². The van der Waals surface area contributed by atoms with Crippen molar-refractivity contribution in [3.05, 3.63) is 34.9 Å². The Morgan fingerprint density at radius 1 is 1.30 bits per heavy atom. The molecule has 1 aliphatic heterocycles. The van der Waals surface area contributed by atoms with Gasteiger partial charge < -0.3 is 9.64 Å². The summed E-state index contributed by atoms with van der Waals surface area (Å²) in [7, 11) is 0. The summed E-state index contributed by atoms with van der Waals surface area (Å²) >= 11 is 0. The minimum Gasteiger partial charge on any atom is -0.444 e. The zero-order chi connectivity index (χ0) is 14.9. The van der Waals surface area contributed by atoms with Crippen LogP contribution in [0.5, 0.6) is 0 Å². The first-order valence-corrected chi connectivity index (χ1v) is 7.35. The van der Waals surface area contributed by atoms with Crippen molar-refractivity contribution in [3.8, 4) is 0 Å². The smallest absolute Gasteiger partial charge is 0.410 e.